The molecule has 20 heavy (non-hydrogen) atoms. The summed E-state index contributed by atoms with van der Waals surface area (Å²) in [7, 11) is 2.00. The smallest absolute Gasteiger partial charge is 0.317 e. The molecule has 1 aromatic heterocycles. The number of imidazole rings is 1. The standard InChI is InChI=1S/C14H23N5O/c1-17-7-6-15-13(17)18-8-10-19(11-9-18)14(20)16-12-4-2-3-5-12/h6-7,12H,2-5,8-11H2,1H3,(H,16,20). The highest BCUT2D eigenvalue weighted by Crippen LogP contribution is 2.18. The third-order valence-electron chi connectivity index (χ3n) is 4.33. The number of nitrogens with one attached hydrogen (secondary N) is 1. The van der Waals surface area contributed by atoms with E-state index in [9.17, 15) is 4.79 Å². The highest BCUT2D eigenvalue weighted by molar-refractivity contribution is 5.74. The molecule has 110 valence electrons. The number of hydrogen-bond acceptors (Lipinski definition) is 3. The first-order valence-corrected chi connectivity index (χ1v) is 7.52. The van der Waals surface area contributed by atoms with Crippen LogP contribution in [-0.2, 0) is 7.05 Å². The zero-order valence-electron chi connectivity index (χ0n) is 12.1. The molecule has 2 heterocycles. The molecule has 0 atom stereocenters. The number of aryl methyl sites for hydroxylation is 1. The fraction of sp³-hybridized carbons (Fsp3) is 0.714. The minimum Gasteiger partial charge on any atom is -0.339 e. The van der Waals surface area contributed by atoms with Gasteiger partial charge in [0.15, 0.2) is 0 Å². The molecular formula is C14H23N5O. The van der Waals surface area contributed by atoms with Gasteiger partial charge in [-0.05, 0) is 12.8 Å². The Hall–Kier alpha value is -1.72. The maximum absolute atomic E-state index is 12.2. The lowest BCUT2D eigenvalue weighted by molar-refractivity contribution is 0.190. The Kier molecular flexibility index (Phi) is 3.80. The Morgan fingerprint density at radius 1 is 1.25 bits per heavy atom. The monoisotopic (exact) mass is 277 g/mol. The summed E-state index contributed by atoms with van der Waals surface area (Å²) in [6.07, 6.45) is 8.54. The van der Waals surface area contributed by atoms with Gasteiger partial charge < -0.3 is 19.7 Å². The lowest BCUT2D eigenvalue weighted by Crippen LogP contribution is -2.53. The maximum atomic E-state index is 12.2. The molecule has 6 heteroatoms. The van der Waals surface area contributed by atoms with Crippen LogP contribution in [0, 0.1) is 0 Å². The average molecular weight is 277 g/mol. The molecule has 1 saturated heterocycles. The largest absolute Gasteiger partial charge is 0.339 e. The van der Waals surface area contributed by atoms with E-state index in [0.29, 0.717) is 6.04 Å². The number of urea groups is 1. The van der Waals surface area contributed by atoms with E-state index in [1.807, 2.05) is 28.9 Å². The minimum absolute atomic E-state index is 0.108. The van der Waals surface area contributed by atoms with Crippen molar-refractivity contribution in [2.24, 2.45) is 7.05 Å². The van der Waals surface area contributed by atoms with Crippen molar-refractivity contribution < 1.29 is 4.79 Å². The highest BCUT2D eigenvalue weighted by atomic mass is 16.2. The molecule has 2 aliphatic rings. The van der Waals surface area contributed by atoms with E-state index in [-0.39, 0.29) is 6.03 Å². The summed E-state index contributed by atoms with van der Waals surface area (Å²) in [6.45, 7) is 3.24. The van der Waals surface area contributed by atoms with Crippen LogP contribution in [0.1, 0.15) is 25.7 Å². The van der Waals surface area contributed by atoms with E-state index in [2.05, 4.69) is 15.2 Å². The van der Waals surface area contributed by atoms with E-state index in [0.717, 1.165) is 45.0 Å². The Labute approximate surface area is 119 Å². The molecule has 0 bridgehead atoms. The molecular weight excluding hydrogens is 254 g/mol. The predicted octanol–water partition coefficient (Wildman–Crippen LogP) is 1.19. The summed E-state index contributed by atoms with van der Waals surface area (Å²) < 4.78 is 2.02. The van der Waals surface area contributed by atoms with Crippen molar-refractivity contribution in [3.8, 4) is 0 Å². The van der Waals surface area contributed by atoms with Crippen LogP contribution in [0.3, 0.4) is 0 Å². The van der Waals surface area contributed by atoms with Crippen LogP contribution in [0.4, 0.5) is 10.7 Å². The van der Waals surface area contributed by atoms with Gasteiger partial charge in [0.2, 0.25) is 5.95 Å². The van der Waals surface area contributed by atoms with Crippen LogP contribution in [0.15, 0.2) is 12.4 Å². The van der Waals surface area contributed by atoms with Crippen LogP contribution < -0.4 is 10.2 Å². The number of anilines is 1. The van der Waals surface area contributed by atoms with Gasteiger partial charge >= 0.3 is 6.03 Å². The van der Waals surface area contributed by atoms with Gasteiger partial charge in [0.05, 0.1) is 0 Å². The number of carbonyl (C=O) groups is 1. The van der Waals surface area contributed by atoms with Crippen molar-refractivity contribution in [3.63, 3.8) is 0 Å². The first-order valence-electron chi connectivity index (χ1n) is 7.52. The molecule has 1 aliphatic heterocycles. The zero-order chi connectivity index (χ0) is 13.9. The van der Waals surface area contributed by atoms with Crippen molar-refractivity contribution in [3.05, 3.63) is 12.4 Å². The van der Waals surface area contributed by atoms with Gasteiger partial charge in [-0.15, -0.1) is 0 Å². The lowest BCUT2D eigenvalue weighted by Gasteiger charge is -2.35. The quantitative estimate of drug-likeness (QED) is 0.883. The molecule has 2 fully saturated rings. The van der Waals surface area contributed by atoms with Gasteiger partial charge in [-0.2, -0.15) is 0 Å². The number of piperazine rings is 1. The molecule has 1 aliphatic carbocycles. The van der Waals surface area contributed by atoms with Crippen LogP contribution in [0.2, 0.25) is 0 Å². The van der Waals surface area contributed by atoms with Crippen molar-refractivity contribution in [2.45, 2.75) is 31.7 Å². The Morgan fingerprint density at radius 2 is 1.95 bits per heavy atom. The highest BCUT2D eigenvalue weighted by Gasteiger charge is 2.25. The van der Waals surface area contributed by atoms with Crippen molar-refractivity contribution in [2.75, 3.05) is 31.1 Å². The Bertz CT molecular complexity index is 458. The maximum Gasteiger partial charge on any atom is 0.317 e. The molecule has 1 aromatic rings. The van der Waals surface area contributed by atoms with E-state index in [1.165, 1.54) is 12.8 Å². The molecule has 1 saturated carbocycles. The summed E-state index contributed by atoms with van der Waals surface area (Å²) in [6, 6.07) is 0.506. The lowest BCUT2D eigenvalue weighted by atomic mass is 10.2. The topological polar surface area (TPSA) is 53.4 Å². The number of hydrogen-bond donors (Lipinski definition) is 1. The van der Waals surface area contributed by atoms with E-state index in [1.54, 1.807) is 0 Å². The number of rotatable bonds is 2. The van der Waals surface area contributed by atoms with Crippen LogP contribution in [0.5, 0.6) is 0 Å². The Balaban J connectivity index is 1.50. The minimum atomic E-state index is 0.108. The van der Waals surface area contributed by atoms with E-state index >= 15 is 0 Å². The molecule has 3 rings (SSSR count). The van der Waals surface area contributed by atoms with E-state index in [4.69, 9.17) is 0 Å². The van der Waals surface area contributed by atoms with Crippen LogP contribution in [0.25, 0.3) is 0 Å². The zero-order valence-corrected chi connectivity index (χ0v) is 12.1. The SMILES string of the molecule is Cn1ccnc1N1CCN(C(=O)NC2CCCC2)CC1. The van der Waals surface area contributed by atoms with Crippen LogP contribution in [-0.4, -0.2) is 52.7 Å². The van der Waals surface area contributed by atoms with Crippen molar-refractivity contribution in [1.29, 1.82) is 0 Å². The second kappa shape index (κ2) is 5.73. The summed E-state index contributed by atoms with van der Waals surface area (Å²) in [4.78, 5) is 20.7. The van der Waals surface area contributed by atoms with Crippen molar-refractivity contribution in [1.82, 2.24) is 19.8 Å². The molecule has 0 spiro atoms. The summed E-state index contributed by atoms with van der Waals surface area (Å²) >= 11 is 0. The van der Waals surface area contributed by atoms with Crippen molar-refractivity contribution >= 4 is 12.0 Å². The fourth-order valence-corrected chi connectivity index (χ4v) is 3.11. The summed E-state index contributed by atoms with van der Waals surface area (Å²) in [5, 5.41) is 3.16. The molecule has 0 radical (unpaired) electrons. The second-order valence-corrected chi connectivity index (χ2v) is 5.74. The van der Waals surface area contributed by atoms with Gasteiger partial charge in [0, 0.05) is 51.7 Å². The molecule has 0 aromatic carbocycles. The molecule has 2 amide bonds. The fourth-order valence-electron chi connectivity index (χ4n) is 3.11. The van der Waals surface area contributed by atoms with Gasteiger partial charge in [-0.3, -0.25) is 0 Å². The number of carbonyl (C=O) groups excluding carboxylic acids is 1. The third-order valence-corrected chi connectivity index (χ3v) is 4.33. The van der Waals surface area contributed by atoms with E-state index < -0.39 is 0 Å². The molecule has 1 N–H and O–H groups in total. The first kappa shape index (κ1) is 13.3. The van der Waals surface area contributed by atoms with Gasteiger partial charge in [-0.25, -0.2) is 9.78 Å². The van der Waals surface area contributed by atoms with Gasteiger partial charge in [0.1, 0.15) is 0 Å². The van der Waals surface area contributed by atoms with Gasteiger partial charge in [0.25, 0.3) is 0 Å². The normalized spacial score (nSPS) is 20.4. The number of amides is 2. The average Bonchev–Trinajstić information content (AvgIpc) is 3.10. The predicted molar refractivity (Wildman–Crippen MR) is 77.8 cm³/mol. The first-order chi connectivity index (χ1) is 9.74. The summed E-state index contributed by atoms with van der Waals surface area (Å²) in [5.41, 5.74) is 0. The van der Waals surface area contributed by atoms with Crippen LogP contribution >= 0.6 is 0 Å². The Morgan fingerprint density at radius 3 is 2.55 bits per heavy atom. The third kappa shape index (κ3) is 2.73. The molecule has 6 nitrogen and oxygen atoms in total. The summed E-state index contributed by atoms with van der Waals surface area (Å²) in [5.74, 6) is 0.987. The number of nitrogens with zero attached hydrogens (tertiary/aromatic N) is 4. The van der Waals surface area contributed by atoms with Gasteiger partial charge in [-0.1, -0.05) is 12.8 Å². The number of aromatic nitrogens is 2. The molecule has 0 unspecified atom stereocenters. The second-order valence-electron chi connectivity index (χ2n) is 5.74.